The molecule has 2 heterocycles. The molecule has 1 N–H and O–H groups in total. The Balaban J connectivity index is 1.68. The van der Waals surface area contributed by atoms with Crippen LogP contribution in [0.15, 0.2) is 30.3 Å². The molecule has 2 aliphatic heterocycles. The molecule has 0 unspecified atom stereocenters. The van der Waals surface area contributed by atoms with Crippen LogP contribution in [0.2, 0.25) is 0 Å². The first-order valence-corrected chi connectivity index (χ1v) is 6.37. The number of hydrogen-bond acceptors (Lipinski definition) is 2. The summed E-state index contributed by atoms with van der Waals surface area (Å²) in [6, 6.07) is 10.0. The first-order valence-electron chi connectivity index (χ1n) is 6.37. The minimum atomic E-state index is 0.0715. The summed E-state index contributed by atoms with van der Waals surface area (Å²) in [6.45, 7) is 0.765. The van der Waals surface area contributed by atoms with Gasteiger partial charge >= 0.3 is 0 Å². The molecule has 18 heavy (non-hydrogen) atoms. The van der Waals surface area contributed by atoms with Crippen LogP contribution in [0, 0.1) is 0 Å². The van der Waals surface area contributed by atoms with Crippen LogP contribution in [0.3, 0.4) is 0 Å². The van der Waals surface area contributed by atoms with Crippen LogP contribution in [0.25, 0.3) is 0 Å². The molecule has 2 amide bonds. The molecule has 4 heteroatoms. The molecule has 0 spiro atoms. The van der Waals surface area contributed by atoms with Crippen LogP contribution < -0.4 is 5.32 Å². The van der Waals surface area contributed by atoms with Gasteiger partial charge in [-0.2, -0.15) is 0 Å². The maximum Gasteiger partial charge on any atom is 0.227 e. The maximum atomic E-state index is 12.3. The maximum absolute atomic E-state index is 12.3. The third-order valence-corrected chi connectivity index (χ3v) is 3.81. The lowest BCUT2D eigenvalue weighted by Crippen LogP contribution is -2.39. The van der Waals surface area contributed by atoms with Gasteiger partial charge in [-0.1, -0.05) is 30.3 Å². The van der Waals surface area contributed by atoms with Crippen molar-refractivity contribution < 1.29 is 9.59 Å². The summed E-state index contributed by atoms with van der Waals surface area (Å²) in [7, 11) is 0. The summed E-state index contributed by atoms with van der Waals surface area (Å²) in [4.78, 5) is 25.5. The lowest BCUT2D eigenvalue weighted by Gasteiger charge is -2.22. The Morgan fingerprint density at radius 2 is 2.11 bits per heavy atom. The van der Waals surface area contributed by atoms with Gasteiger partial charge in [0.05, 0.1) is 18.5 Å². The molecule has 2 atom stereocenters. The molecular formula is C14H16N2O2. The largest absolute Gasteiger partial charge is 0.351 e. The number of fused-ring (bicyclic) bond motifs is 1. The van der Waals surface area contributed by atoms with Crippen LogP contribution in [-0.2, 0) is 16.0 Å². The monoisotopic (exact) mass is 244 g/mol. The standard InChI is InChI=1S/C14H16N2O2/c17-13-9-12-11(15-13)6-7-16(12)14(18)8-10-4-2-1-3-5-10/h1-5,11-12H,6-9H2,(H,15,17)/t11-,12-/m1/s1. The van der Waals surface area contributed by atoms with E-state index < -0.39 is 0 Å². The van der Waals surface area contributed by atoms with Crippen molar-refractivity contribution in [1.82, 2.24) is 10.2 Å². The Morgan fingerprint density at radius 1 is 1.33 bits per heavy atom. The van der Waals surface area contributed by atoms with Crippen molar-refractivity contribution in [3.8, 4) is 0 Å². The van der Waals surface area contributed by atoms with Crippen LogP contribution in [0.4, 0.5) is 0 Å². The molecule has 0 bridgehead atoms. The third-order valence-electron chi connectivity index (χ3n) is 3.81. The van der Waals surface area contributed by atoms with Crippen molar-refractivity contribution in [2.24, 2.45) is 0 Å². The minimum Gasteiger partial charge on any atom is -0.351 e. The number of nitrogens with zero attached hydrogens (tertiary/aromatic N) is 1. The number of amides is 2. The summed E-state index contributed by atoms with van der Waals surface area (Å²) in [5.41, 5.74) is 1.03. The summed E-state index contributed by atoms with van der Waals surface area (Å²) in [6.07, 6.45) is 1.78. The fourth-order valence-corrected chi connectivity index (χ4v) is 2.91. The van der Waals surface area contributed by atoms with Gasteiger partial charge in [0.15, 0.2) is 0 Å². The van der Waals surface area contributed by atoms with Gasteiger partial charge in [0, 0.05) is 13.0 Å². The van der Waals surface area contributed by atoms with Gasteiger partial charge in [-0.3, -0.25) is 9.59 Å². The Kier molecular flexibility index (Phi) is 2.78. The zero-order valence-corrected chi connectivity index (χ0v) is 10.1. The van der Waals surface area contributed by atoms with E-state index in [0.29, 0.717) is 12.8 Å². The fourth-order valence-electron chi connectivity index (χ4n) is 2.91. The quantitative estimate of drug-likeness (QED) is 0.833. The molecule has 4 nitrogen and oxygen atoms in total. The molecule has 0 saturated carbocycles. The van der Waals surface area contributed by atoms with E-state index in [-0.39, 0.29) is 23.9 Å². The molecule has 1 aromatic rings. The lowest BCUT2D eigenvalue weighted by molar-refractivity contribution is -0.131. The summed E-state index contributed by atoms with van der Waals surface area (Å²) in [5, 5.41) is 2.93. The molecule has 0 aliphatic carbocycles. The van der Waals surface area contributed by atoms with E-state index in [0.717, 1.165) is 18.5 Å². The SMILES string of the molecule is O=C1C[C@@H]2[C@@H](CCN2C(=O)Cc2ccccc2)N1. The van der Waals surface area contributed by atoms with E-state index >= 15 is 0 Å². The van der Waals surface area contributed by atoms with E-state index in [1.54, 1.807) is 0 Å². The molecule has 0 radical (unpaired) electrons. The lowest BCUT2D eigenvalue weighted by atomic mass is 10.1. The van der Waals surface area contributed by atoms with Crippen molar-refractivity contribution in [2.45, 2.75) is 31.3 Å². The Labute approximate surface area is 106 Å². The molecule has 94 valence electrons. The van der Waals surface area contributed by atoms with Crippen LogP contribution in [0.5, 0.6) is 0 Å². The van der Waals surface area contributed by atoms with E-state index in [9.17, 15) is 9.59 Å². The second-order valence-corrected chi connectivity index (χ2v) is 4.98. The third kappa shape index (κ3) is 1.98. The summed E-state index contributed by atoms with van der Waals surface area (Å²) >= 11 is 0. The average Bonchev–Trinajstić information content (AvgIpc) is 2.88. The van der Waals surface area contributed by atoms with Crippen LogP contribution >= 0.6 is 0 Å². The Morgan fingerprint density at radius 3 is 2.89 bits per heavy atom. The average molecular weight is 244 g/mol. The number of likely N-dealkylation sites (tertiary alicyclic amines) is 1. The Hall–Kier alpha value is -1.84. The summed E-state index contributed by atoms with van der Waals surface area (Å²) < 4.78 is 0. The topological polar surface area (TPSA) is 49.4 Å². The van der Waals surface area contributed by atoms with Crippen molar-refractivity contribution in [2.75, 3.05) is 6.54 Å². The van der Waals surface area contributed by atoms with Gasteiger partial charge < -0.3 is 10.2 Å². The summed E-state index contributed by atoms with van der Waals surface area (Å²) in [5.74, 6) is 0.201. The highest BCUT2D eigenvalue weighted by Crippen LogP contribution is 2.26. The van der Waals surface area contributed by atoms with Crippen LogP contribution in [-0.4, -0.2) is 35.3 Å². The first kappa shape index (κ1) is 11.3. The van der Waals surface area contributed by atoms with Gasteiger partial charge in [-0.25, -0.2) is 0 Å². The zero-order chi connectivity index (χ0) is 12.5. The number of hydrogen-bond donors (Lipinski definition) is 1. The number of rotatable bonds is 2. The number of carbonyl (C=O) groups excluding carboxylic acids is 2. The molecule has 1 aromatic carbocycles. The zero-order valence-electron chi connectivity index (χ0n) is 10.1. The molecule has 0 aromatic heterocycles. The highest BCUT2D eigenvalue weighted by atomic mass is 16.2. The van der Waals surface area contributed by atoms with Gasteiger partial charge in [0.25, 0.3) is 0 Å². The smallest absolute Gasteiger partial charge is 0.227 e. The second-order valence-electron chi connectivity index (χ2n) is 4.98. The van der Waals surface area contributed by atoms with Gasteiger partial charge in [-0.05, 0) is 12.0 Å². The molecule has 2 aliphatic rings. The minimum absolute atomic E-state index is 0.0715. The van der Waals surface area contributed by atoms with Crippen molar-refractivity contribution in [3.63, 3.8) is 0 Å². The van der Waals surface area contributed by atoms with E-state index in [2.05, 4.69) is 5.32 Å². The highest BCUT2D eigenvalue weighted by Gasteiger charge is 2.43. The second kappa shape index (κ2) is 4.44. The van der Waals surface area contributed by atoms with E-state index in [1.165, 1.54) is 0 Å². The predicted octanol–water partition coefficient (Wildman–Crippen LogP) is 0.718. The van der Waals surface area contributed by atoms with Gasteiger partial charge in [0.2, 0.25) is 11.8 Å². The van der Waals surface area contributed by atoms with E-state index in [4.69, 9.17) is 0 Å². The van der Waals surface area contributed by atoms with Crippen molar-refractivity contribution in [3.05, 3.63) is 35.9 Å². The molecule has 2 fully saturated rings. The number of nitrogens with one attached hydrogen (secondary N) is 1. The molecular weight excluding hydrogens is 228 g/mol. The highest BCUT2D eigenvalue weighted by molar-refractivity contribution is 5.84. The van der Waals surface area contributed by atoms with Crippen molar-refractivity contribution >= 4 is 11.8 Å². The number of carbonyl (C=O) groups is 2. The Bertz CT molecular complexity index is 472. The van der Waals surface area contributed by atoms with Gasteiger partial charge in [-0.15, -0.1) is 0 Å². The van der Waals surface area contributed by atoms with E-state index in [1.807, 2.05) is 35.2 Å². The van der Waals surface area contributed by atoms with Crippen LogP contribution in [0.1, 0.15) is 18.4 Å². The predicted molar refractivity (Wildman–Crippen MR) is 66.8 cm³/mol. The fraction of sp³-hybridized carbons (Fsp3) is 0.429. The number of benzene rings is 1. The molecule has 2 saturated heterocycles. The van der Waals surface area contributed by atoms with Gasteiger partial charge in [0.1, 0.15) is 0 Å². The molecule has 3 rings (SSSR count). The van der Waals surface area contributed by atoms with Crippen molar-refractivity contribution in [1.29, 1.82) is 0 Å². The normalized spacial score (nSPS) is 26.0. The first-order chi connectivity index (χ1) is 8.74.